The lowest BCUT2D eigenvalue weighted by atomic mass is 9.72. The molecule has 3 aliphatic rings. The first-order valence-electron chi connectivity index (χ1n) is 18.4. The van der Waals surface area contributed by atoms with Gasteiger partial charge in [-0.25, -0.2) is 9.78 Å². The third-order valence-corrected chi connectivity index (χ3v) is 11.0. The van der Waals surface area contributed by atoms with Crippen molar-refractivity contribution in [3.05, 3.63) is 42.1 Å². The van der Waals surface area contributed by atoms with E-state index in [0.29, 0.717) is 78.6 Å². The minimum atomic E-state index is -4.59. The van der Waals surface area contributed by atoms with Crippen LogP contribution in [0.1, 0.15) is 58.1 Å². The van der Waals surface area contributed by atoms with Gasteiger partial charge in [0.05, 0.1) is 11.7 Å². The number of hydrogen-bond donors (Lipinski definition) is 1. The van der Waals surface area contributed by atoms with Crippen molar-refractivity contribution in [3.63, 3.8) is 0 Å². The third kappa shape index (κ3) is 7.21. The number of carbonyl (C=O) groups is 1. The summed E-state index contributed by atoms with van der Waals surface area (Å²) in [4.78, 5) is 31.5. The van der Waals surface area contributed by atoms with E-state index in [2.05, 4.69) is 45.4 Å². The van der Waals surface area contributed by atoms with Gasteiger partial charge in [-0.1, -0.05) is 25.6 Å². The molecule has 5 heterocycles. The number of amides is 1. The van der Waals surface area contributed by atoms with Crippen LogP contribution in [0.4, 0.5) is 29.7 Å². The monoisotopic (exact) mass is 734 g/mol. The summed E-state index contributed by atoms with van der Waals surface area (Å²) in [6.45, 7) is 17.0. The molecule has 0 radical (unpaired) electrons. The normalized spacial score (nSPS) is 19.6. The summed E-state index contributed by atoms with van der Waals surface area (Å²) in [5.74, 6) is 1.16. The molecule has 1 unspecified atom stereocenters. The van der Waals surface area contributed by atoms with Gasteiger partial charge in [-0.05, 0) is 82.8 Å². The molecule has 14 heteroatoms. The number of carbonyl (C=O) groups excluding carboxylic acids is 1. The van der Waals surface area contributed by atoms with Crippen LogP contribution in [-0.4, -0.2) is 113 Å². The van der Waals surface area contributed by atoms with E-state index in [1.807, 2.05) is 45.9 Å². The summed E-state index contributed by atoms with van der Waals surface area (Å²) in [7, 11) is 2.11. The summed E-state index contributed by atoms with van der Waals surface area (Å²) in [6, 6.07) is 6.03. The molecule has 1 atom stereocenters. The molecule has 1 spiro atoms. The first kappa shape index (κ1) is 36.8. The molecule has 7 rings (SSSR count). The van der Waals surface area contributed by atoms with Gasteiger partial charge in [-0.15, -0.1) is 0 Å². The molecule has 3 saturated heterocycles. The Morgan fingerprint density at radius 2 is 1.79 bits per heavy atom. The van der Waals surface area contributed by atoms with Gasteiger partial charge < -0.3 is 24.2 Å². The third-order valence-electron chi connectivity index (χ3n) is 11.0. The van der Waals surface area contributed by atoms with Crippen LogP contribution in [-0.2, 0) is 4.74 Å². The number of halogens is 3. The van der Waals surface area contributed by atoms with Crippen LogP contribution in [0.3, 0.4) is 0 Å². The Hall–Kier alpha value is -4.59. The molecule has 284 valence electrons. The number of anilines is 2. The van der Waals surface area contributed by atoms with E-state index in [0.717, 1.165) is 42.3 Å². The number of aryl methyl sites for hydroxylation is 1. The fourth-order valence-electron chi connectivity index (χ4n) is 8.08. The molecule has 2 aromatic carbocycles. The highest BCUT2D eigenvalue weighted by Gasteiger charge is 2.48. The highest BCUT2D eigenvalue weighted by atomic mass is 19.4. The van der Waals surface area contributed by atoms with Crippen molar-refractivity contribution in [2.75, 3.05) is 69.3 Å². The van der Waals surface area contributed by atoms with Crippen molar-refractivity contribution >= 4 is 45.7 Å². The highest BCUT2D eigenvalue weighted by Crippen LogP contribution is 2.48. The minimum Gasteiger partial charge on any atom is -0.481 e. The number of piperidine rings is 1. The Bertz CT molecular complexity index is 2020. The standard InChI is InChI=1S/C39H49F3N8O3/c1-8-25-18-27-32(33(52-23-39(40,41)42)31(25)30-24(3)10-11-29-28(30)19-43-46-29)44-35(49-17-16-47(7)26(9-2)20-49)45-34(27)48-14-12-38(13-15-48)21-50(22-38)36(51)53-37(4,5)6/h8,10-11,18-19,26H,1,9,12-17,20-23H2,2-7H3,(H,43,46). The van der Waals surface area contributed by atoms with Gasteiger partial charge in [0, 0.05) is 73.6 Å². The Labute approximate surface area is 308 Å². The second-order valence-electron chi connectivity index (χ2n) is 15.9. The van der Waals surface area contributed by atoms with Gasteiger partial charge in [-0.2, -0.15) is 23.3 Å². The van der Waals surface area contributed by atoms with Gasteiger partial charge >= 0.3 is 12.3 Å². The Morgan fingerprint density at radius 3 is 2.45 bits per heavy atom. The van der Waals surface area contributed by atoms with E-state index < -0.39 is 18.4 Å². The SMILES string of the molecule is C=Cc1cc2c(N3CCC4(CC3)CN(C(=O)OC(C)(C)C)C4)nc(N3CCN(C)C(CC)C3)nc2c(OCC(F)(F)F)c1-c1c(C)ccc2[nH]ncc12. The molecule has 1 amide bonds. The summed E-state index contributed by atoms with van der Waals surface area (Å²) in [6.07, 6.45) is 1.03. The van der Waals surface area contributed by atoms with Crippen molar-refractivity contribution in [2.24, 2.45) is 5.41 Å². The average Bonchev–Trinajstić information content (AvgIpc) is 3.57. The van der Waals surface area contributed by atoms with Crippen LogP contribution in [0.5, 0.6) is 5.75 Å². The van der Waals surface area contributed by atoms with Crippen LogP contribution < -0.4 is 14.5 Å². The molecular weight excluding hydrogens is 685 g/mol. The zero-order valence-electron chi connectivity index (χ0n) is 31.4. The van der Waals surface area contributed by atoms with Crippen molar-refractivity contribution in [3.8, 4) is 16.9 Å². The number of rotatable bonds is 7. The molecule has 3 fully saturated rings. The molecular formula is C39H49F3N8O3. The zero-order valence-corrected chi connectivity index (χ0v) is 31.4. The Morgan fingerprint density at radius 1 is 1.06 bits per heavy atom. The molecule has 4 aromatic rings. The number of H-pyrrole nitrogens is 1. The smallest absolute Gasteiger partial charge is 0.422 e. The van der Waals surface area contributed by atoms with E-state index in [4.69, 9.17) is 19.4 Å². The molecule has 0 bridgehead atoms. The van der Waals surface area contributed by atoms with Gasteiger partial charge in [-0.3, -0.25) is 10.00 Å². The number of ether oxygens (including phenoxy) is 2. The fourth-order valence-corrected chi connectivity index (χ4v) is 8.08. The number of likely N-dealkylation sites (tertiary alicyclic amines) is 1. The molecule has 2 aromatic heterocycles. The van der Waals surface area contributed by atoms with Crippen molar-refractivity contribution in [1.82, 2.24) is 30.0 Å². The summed E-state index contributed by atoms with van der Waals surface area (Å²) < 4.78 is 53.6. The lowest BCUT2D eigenvalue weighted by Crippen LogP contribution is -2.62. The van der Waals surface area contributed by atoms with Crippen molar-refractivity contribution < 1.29 is 27.4 Å². The summed E-state index contributed by atoms with van der Waals surface area (Å²) >= 11 is 0. The number of hydrogen-bond acceptors (Lipinski definition) is 9. The molecule has 53 heavy (non-hydrogen) atoms. The average molecular weight is 735 g/mol. The maximum atomic E-state index is 14.0. The number of nitrogens with one attached hydrogen (secondary N) is 1. The number of aromatic amines is 1. The van der Waals surface area contributed by atoms with Crippen LogP contribution >= 0.6 is 0 Å². The Balaban J connectivity index is 1.35. The first-order valence-corrected chi connectivity index (χ1v) is 18.4. The predicted molar refractivity (Wildman–Crippen MR) is 202 cm³/mol. The van der Waals surface area contributed by atoms with Crippen LogP contribution in [0.2, 0.25) is 0 Å². The van der Waals surface area contributed by atoms with Crippen LogP contribution in [0.15, 0.2) is 31.0 Å². The number of nitrogens with zero attached hydrogens (tertiary/aromatic N) is 7. The second-order valence-corrected chi connectivity index (χ2v) is 15.9. The number of benzene rings is 2. The van der Waals surface area contributed by atoms with Crippen LogP contribution in [0, 0.1) is 12.3 Å². The molecule has 3 aliphatic heterocycles. The van der Waals surface area contributed by atoms with E-state index in [-0.39, 0.29) is 23.3 Å². The van der Waals surface area contributed by atoms with Crippen molar-refractivity contribution in [1.29, 1.82) is 0 Å². The topological polar surface area (TPSA) is 103 Å². The summed E-state index contributed by atoms with van der Waals surface area (Å²) in [5, 5.41) is 8.59. The molecule has 1 N–H and O–H groups in total. The quantitative estimate of drug-likeness (QED) is 0.208. The predicted octanol–water partition coefficient (Wildman–Crippen LogP) is 7.43. The maximum absolute atomic E-state index is 14.0. The van der Waals surface area contributed by atoms with Gasteiger partial charge in [0.15, 0.2) is 12.4 Å². The van der Waals surface area contributed by atoms with Gasteiger partial charge in [0.25, 0.3) is 0 Å². The summed E-state index contributed by atoms with van der Waals surface area (Å²) in [5.41, 5.74) is 3.13. The first-order chi connectivity index (χ1) is 25.1. The van der Waals surface area contributed by atoms with Gasteiger partial charge in [0.1, 0.15) is 16.9 Å². The molecule has 0 saturated carbocycles. The molecule has 11 nitrogen and oxygen atoms in total. The number of piperazine rings is 1. The fraction of sp³-hybridized carbons (Fsp3) is 0.538. The second kappa shape index (κ2) is 13.7. The maximum Gasteiger partial charge on any atom is 0.422 e. The van der Waals surface area contributed by atoms with Gasteiger partial charge in [0.2, 0.25) is 5.95 Å². The lowest BCUT2D eigenvalue weighted by molar-refractivity contribution is -0.153. The lowest BCUT2D eigenvalue weighted by Gasteiger charge is -2.53. The zero-order chi connectivity index (χ0) is 37.9. The molecule has 0 aliphatic carbocycles. The van der Waals surface area contributed by atoms with E-state index in [1.54, 1.807) is 17.2 Å². The highest BCUT2D eigenvalue weighted by molar-refractivity contribution is 6.07. The van der Waals surface area contributed by atoms with E-state index in [9.17, 15) is 18.0 Å². The Kier molecular flexibility index (Phi) is 9.48. The van der Waals surface area contributed by atoms with E-state index >= 15 is 0 Å². The number of fused-ring (bicyclic) bond motifs is 2. The van der Waals surface area contributed by atoms with Crippen LogP contribution in [0.25, 0.3) is 39.0 Å². The number of likely N-dealkylation sites (N-methyl/N-ethyl adjacent to an activating group) is 1. The number of aromatic nitrogens is 4. The minimum absolute atomic E-state index is 0.0217. The van der Waals surface area contributed by atoms with E-state index in [1.165, 1.54) is 0 Å². The number of alkyl halides is 3. The largest absolute Gasteiger partial charge is 0.481 e. The van der Waals surface area contributed by atoms with Crippen molar-refractivity contribution in [2.45, 2.75) is 71.7 Å².